The summed E-state index contributed by atoms with van der Waals surface area (Å²) in [6.45, 7) is 0. The van der Waals surface area contributed by atoms with E-state index in [9.17, 15) is 9.59 Å². The van der Waals surface area contributed by atoms with E-state index in [0.29, 0.717) is 11.3 Å². The molecule has 1 amide bonds. The first-order chi connectivity index (χ1) is 8.27. The summed E-state index contributed by atoms with van der Waals surface area (Å²) in [5.41, 5.74) is 1.31. The van der Waals surface area contributed by atoms with Crippen LogP contribution in [0.25, 0.3) is 0 Å². The SMILES string of the molecule is O=C(Nc1ccccc1)C(=O)C1=CCCCC1. The third-order valence-electron chi connectivity index (χ3n) is 2.82. The lowest BCUT2D eigenvalue weighted by atomic mass is 9.96. The average Bonchev–Trinajstić information content (AvgIpc) is 2.40. The molecule has 0 bridgehead atoms. The van der Waals surface area contributed by atoms with E-state index in [-0.39, 0.29) is 0 Å². The number of nitrogens with one attached hydrogen (secondary N) is 1. The Hall–Kier alpha value is -1.90. The predicted molar refractivity (Wildman–Crippen MR) is 66.6 cm³/mol. The van der Waals surface area contributed by atoms with Gasteiger partial charge in [-0.15, -0.1) is 0 Å². The first-order valence-electron chi connectivity index (χ1n) is 5.87. The van der Waals surface area contributed by atoms with Crippen LogP contribution in [0.15, 0.2) is 42.0 Å². The van der Waals surface area contributed by atoms with Crippen molar-refractivity contribution in [1.29, 1.82) is 0 Å². The molecule has 0 spiro atoms. The molecule has 0 radical (unpaired) electrons. The number of Topliss-reactive ketones (excluding diaryl/α,β-unsaturated/α-hetero) is 1. The van der Waals surface area contributed by atoms with Gasteiger partial charge in [0.05, 0.1) is 0 Å². The lowest BCUT2D eigenvalue weighted by Crippen LogP contribution is -2.25. The van der Waals surface area contributed by atoms with Gasteiger partial charge in [0.2, 0.25) is 5.78 Å². The minimum atomic E-state index is -0.538. The number of para-hydroxylation sites is 1. The normalized spacial score (nSPS) is 14.9. The van der Waals surface area contributed by atoms with E-state index in [4.69, 9.17) is 0 Å². The van der Waals surface area contributed by atoms with Gasteiger partial charge in [-0.05, 0) is 37.8 Å². The molecule has 3 nitrogen and oxygen atoms in total. The van der Waals surface area contributed by atoms with Crippen LogP contribution in [0.2, 0.25) is 0 Å². The summed E-state index contributed by atoms with van der Waals surface area (Å²) < 4.78 is 0. The number of hydrogen-bond acceptors (Lipinski definition) is 2. The first-order valence-corrected chi connectivity index (χ1v) is 5.87. The van der Waals surface area contributed by atoms with Gasteiger partial charge in [-0.2, -0.15) is 0 Å². The molecule has 0 fully saturated rings. The van der Waals surface area contributed by atoms with Crippen LogP contribution in [0.1, 0.15) is 25.7 Å². The third kappa shape index (κ3) is 3.03. The lowest BCUT2D eigenvalue weighted by molar-refractivity contribution is -0.132. The van der Waals surface area contributed by atoms with Gasteiger partial charge >= 0.3 is 0 Å². The number of carbonyl (C=O) groups excluding carboxylic acids is 2. The molecule has 1 aliphatic rings. The van der Waals surface area contributed by atoms with E-state index in [2.05, 4.69) is 5.32 Å². The summed E-state index contributed by atoms with van der Waals surface area (Å²) in [5, 5.41) is 2.61. The van der Waals surface area contributed by atoms with E-state index in [1.54, 1.807) is 12.1 Å². The van der Waals surface area contributed by atoms with E-state index in [0.717, 1.165) is 25.7 Å². The molecule has 2 rings (SSSR count). The highest BCUT2D eigenvalue weighted by Crippen LogP contribution is 2.18. The molecule has 0 saturated carbocycles. The van der Waals surface area contributed by atoms with Gasteiger partial charge in [0.25, 0.3) is 5.91 Å². The number of allylic oxidation sites excluding steroid dienone is 1. The van der Waals surface area contributed by atoms with E-state index in [1.807, 2.05) is 24.3 Å². The number of anilines is 1. The molecule has 0 heterocycles. The molecule has 0 saturated heterocycles. The van der Waals surface area contributed by atoms with Crippen molar-refractivity contribution in [3.63, 3.8) is 0 Å². The molecular weight excluding hydrogens is 214 g/mol. The van der Waals surface area contributed by atoms with Gasteiger partial charge in [0.15, 0.2) is 0 Å². The van der Waals surface area contributed by atoms with Crippen LogP contribution in [0.4, 0.5) is 5.69 Å². The number of rotatable bonds is 3. The maximum Gasteiger partial charge on any atom is 0.296 e. The summed E-state index contributed by atoms with van der Waals surface area (Å²) in [7, 11) is 0. The molecule has 1 aromatic rings. The van der Waals surface area contributed by atoms with E-state index in [1.165, 1.54) is 0 Å². The van der Waals surface area contributed by atoms with E-state index < -0.39 is 11.7 Å². The highest BCUT2D eigenvalue weighted by atomic mass is 16.2. The first kappa shape index (κ1) is 11.6. The minimum Gasteiger partial charge on any atom is -0.319 e. The second-order valence-electron chi connectivity index (χ2n) is 4.12. The largest absolute Gasteiger partial charge is 0.319 e. The molecule has 1 N–H and O–H groups in total. The summed E-state index contributed by atoms with van der Waals surface area (Å²) in [6.07, 6.45) is 5.62. The minimum absolute atomic E-state index is 0.395. The third-order valence-corrected chi connectivity index (χ3v) is 2.82. The highest BCUT2D eigenvalue weighted by Gasteiger charge is 2.19. The van der Waals surface area contributed by atoms with E-state index >= 15 is 0 Å². The highest BCUT2D eigenvalue weighted by molar-refractivity contribution is 6.46. The lowest BCUT2D eigenvalue weighted by Gasteiger charge is -2.11. The fourth-order valence-corrected chi connectivity index (χ4v) is 1.90. The molecule has 0 atom stereocenters. The molecule has 17 heavy (non-hydrogen) atoms. The van der Waals surface area contributed by atoms with Crippen LogP contribution in [-0.2, 0) is 9.59 Å². The van der Waals surface area contributed by atoms with Crippen LogP contribution in [-0.4, -0.2) is 11.7 Å². The van der Waals surface area contributed by atoms with Gasteiger partial charge in [0.1, 0.15) is 0 Å². The van der Waals surface area contributed by atoms with Crippen LogP contribution < -0.4 is 5.32 Å². The van der Waals surface area contributed by atoms with Crippen molar-refractivity contribution < 1.29 is 9.59 Å². The average molecular weight is 229 g/mol. The zero-order chi connectivity index (χ0) is 12.1. The molecule has 1 aliphatic carbocycles. The standard InChI is InChI=1S/C14H15NO2/c16-13(11-7-3-1-4-8-11)14(17)15-12-9-5-2-6-10-12/h2,5-7,9-10H,1,3-4,8H2,(H,15,17). The Labute approximate surface area is 101 Å². The molecule has 88 valence electrons. The Morgan fingerprint density at radius 1 is 1.06 bits per heavy atom. The molecule has 3 heteroatoms. The molecule has 0 aromatic heterocycles. The summed E-state index contributed by atoms with van der Waals surface area (Å²) >= 11 is 0. The van der Waals surface area contributed by atoms with Crippen molar-refractivity contribution in [2.24, 2.45) is 0 Å². The Kier molecular flexibility index (Phi) is 3.70. The van der Waals surface area contributed by atoms with Crippen LogP contribution in [0, 0.1) is 0 Å². The number of amides is 1. The van der Waals surface area contributed by atoms with Crippen molar-refractivity contribution in [2.75, 3.05) is 5.32 Å². The second-order valence-corrected chi connectivity index (χ2v) is 4.12. The topological polar surface area (TPSA) is 46.2 Å². The predicted octanol–water partition coefficient (Wildman–Crippen LogP) is 2.69. The van der Waals surface area contributed by atoms with Gasteiger partial charge in [-0.1, -0.05) is 24.3 Å². The molecular formula is C14H15NO2. The van der Waals surface area contributed by atoms with Crippen LogP contribution >= 0.6 is 0 Å². The summed E-state index contributed by atoms with van der Waals surface area (Å²) in [4.78, 5) is 23.5. The van der Waals surface area contributed by atoms with Crippen molar-refractivity contribution in [1.82, 2.24) is 0 Å². The number of carbonyl (C=O) groups is 2. The Balaban J connectivity index is 2.01. The molecule has 0 aliphatic heterocycles. The fourth-order valence-electron chi connectivity index (χ4n) is 1.90. The summed E-state index contributed by atoms with van der Waals surface area (Å²) in [5.74, 6) is -0.932. The van der Waals surface area contributed by atoms with Gasteiger partial charge in [-0.25, -0.2) is 0 Å². The van der Waals surface area contributed by atoms with Crippen molar-refractivity contribution >= 4 is 17.4 Å². The van der Waals surface area contributed by atoms with Gasteiger partial charge < -0.3 is 5.32 Å². The number of ketones is 1. The number of benzene rings is 1. The van der Waals surface area contributed by atoms with Gasteiger partial charge in [-0.3, -0.25) is 9.59 Å². The van der Waals surface area contributed by atoms with Crippen molar-refractivity contribution in [3.8, 4) is 0 Å². The van der Waals surface area contributed by atoms with Crippen LogP contribution in [0.3, 0.4) is 0 Å². The fraction of sp³-hybridized carbons (Fsp3) is 0.286. The molecule has 0 unspecified atom stereocenters. The zero-order valence-electron chi connectivity index (χ0n) is 9.61. The zero-order valence-corrected chi connectivity index (χ0v) is 9.61. The Morgan fingerprint density at radius 2 is 1.82 bits per heavy atom. The Bertz CT molecular complexity index is 449. The maximum absolute atomic E-state index is 11.8. The second kappa shape index (κ2) is 5.43. The van der Waals surface area contributed by atoms with Crippen molar-refractivity contribution in [2.45, 2.75) is 25.7 Å². The smallest absolute Gasteiger partial charge is 0.296 e. The quantitative estimate of drug-likeness (QED) is 0.810. The summed E-state index contributed by atoms with van der Waals surface area (Å²) in [6, 6.07) is 9.03. The number of hydrogen-bond donors (Lipinski definition) is 1. The monoisotopic (exact) mass is 229 g/mol. The Morgan fingerprint density at radius 3 is 2.47 bits per heavy atom. The van der Waals surface area contributed by atoms with Crippen molar-refractivity contribution in [3.05, 3.63) is 42.0 Å². The molecule has 1 aromatic carbocycles. The van der Waals surface area contributed by atoms with Crippen LogP contribution in [0.5, 0.6) is 0 Å². The maximum atomic E-state index is 11.8. The van der Waals surface area contributed by atoms with Gasteiger partial charge in [0, 0.05) is 11.3 Å².